The third kappa shape index (κ3) is 3.51. The minimum absolute atomic E-state index is 0.193. The van der Waals surface area contributed by atoms with Crippen molar-refractivity contribution < 1.29 is 9.53 Å². The number of nitrogens with two attached hydrogens (primary N) is 1. The van der Waals surface area contributed by atoms with Gasteiger partial charge in [0.1, 0.15) is 0 Å². The van der Waals surface area contributed by atoms with Gasteiger partial charge in [-0.2, -0.15) is 0 Å². The molecule has 1 saturated heterocycles. The fraction of sp³-hybridized carbons (Fsp3) is 0.933. The molecule has 0 radical (unpaired) electrons. The number of amides is 1. The zero-order valence-corrected chi connectivity index (χ0v) is 12.9. The molecule has 0 bridgehead atoms. The first-order valence-electron chi connectivity index (χ1n) is 7.90. The van der Waals surface area contributed by atoms with Crippen LogP contribution in [0.2, 0.25) is 0 Å². The van der Waals surface area contributed by atoms with Crippen LogP contribution in [0.5, 0.6) is 0 Å². The third-order valence-electron chi connectivity index (χ3n) is 4.99. The maximum Gasteiger partial charge on any atom is 0.237 e. The fourth-order valence-corrected chi connectivity index (χ4v) is 3.69. The molecule has 1 amide bonds. The van der Waals surface area contributed by atoms with Gasteiger partial charge in [0.25, 0.3) is 0 Å². The number of nitrogens with one attached hydrogen (secondary N) is 1. The molecule has 2 unspecified atom stereocenters. The van der Waals surface area contributed by atoms with Crippen LogP contribution in [-0.4, -0.2) is 55.7 Å². The van der Waals surface area contributed by atoms with Crippen LogP contribution in [-0.2, 0) is 9.53 Å². The van der Waals surface area contributed by atoms with E-state index in [2.05, 4.69) is 17.3 Å². The van der Waals surface area contributed by atoms with E-state index < -0.39 is 5.54 Å². The molecule has 3 N–H and O–H groups in total. The second kappa shape index (κ2) is 6.87. The summed E-state index contributed by atoms with van der Waals surface area (Å²) in [5, 5.41) is 3.32. The number of hydrogen-bond acceptors (Lipinski definition) is 4. The van der Waals surface area contributed by atoms with E-state index in [-0.39, 0.29) is 5.91 Å². The molecule has 2 atom stereocenters. The Hall–Kier alpha value is -0.650. The van der Waals surface area contributed by atoms with Gasteiger partial charge in [-0.25, -0.2) is 0 Å². The summed E-state index contributed by atoms with van der Waals surface area (Å²) < 4.78 is 5.41. The van der Waals surface area contributed by atoms with Gasteiger partial charge in [0, 0.05) is 25.8 Å². The second-order valence-corrected chi connectivity index (χ2v) is 6.37. The summed E-state index contributed by atoms with van der Waals surface area (Å²) in [6.45, 7) is 5.72. The Kier molecular flexibility index (Phi) is 5.41. The molecule has 1 aliphatic heterocycles. The Morgan fingerprint density at radius 1 is 1.40 bits per heavy atom. The van der Waals surface area contributed by atoms with E-state index in [0.29, 0.717) is 6.04 Å². The van der Waals surface area contributed by atoms with Gasteiger partial charge in [-0.15, -0.1) is 0 Å². The summed E-state index contributed by atoms with van der Waals surface area (Å²) in [7, 11) is 2.18. The number of nitrogens with zero attached hydrogens (tertiary/aromatic N) is 1. The van der Waals surface area contributed by atoms with Crippen molar-refractivity contribution in [3.05, 3.63) is 0 Å². The van der Waals surface area contributed by atoms with Crippen molar-refractivity contribution in [1.82, 2.24) is 10.2 Å². The maximum absolute atomic E-state index is 11.8. The van der Waals surface area contributed by atoms with Gasteiger partial charge in [0.15, 0.2) is 0 Å². The lowest BCUT2D eigenvalue weighted by atomic mass is 9.95. The Morgan fingerprint density at radius 3 is 2.70 bits per heavy atom. The summed E-state index contributed by atoms with van der Waals surface area (Å²) in [4.78, 5) is 14.2. The summed E-state index contributed by atoms with van der Waals surface area (Å²) in [6, 6.07) is 0.462. The normalized spacial score (nSPS) is 31.9. The molecule has 5 nitrogen and oxygen atoms in total. The highest BCUT2D eigenvalue weighted by molar-refractivity contribution is 5.85. The summed E-state index contributed by atoms with van der Waals surface area (Å²) in [6.07, 6.45) is 5.07. The van der Waals surface area contributed by atoms with Crippen molar-refractivity contribution in [1.29, 1.82) is 0 Å². The number of carbonyl (C=O) groups is 1. The highest BCUT2D eigenvalue weighted by Crippen LogP contribution is 2.33. The summed E-state index contributed by atoms with van der Waals surface area (Å²) >= 11 is 0. The fourth-order valence-electron chi connectivity index (χ4n) is 3.69. The van der Waals surface area contributed by atoms with E-state index in [1.807, 2.05) is 6.92 Å². The van der Waals surface area contributed by atoms with Crippen LogP contribution < -0.4 is 11.1 Å². The van der Waals surface area contributed by atoms with Crippen LogP contribution in [0.3, 0.4) is 0 Å². The lowest BCUT2D eigenvalue weighted by Crippen LogP contribution is -2.54. The van der Waals surface area contributed by atoms with Crippen molar-refractivity contribution in [3.63, 3.8) is 0 Å². The van der Waals surface area contributed by atoms with Gasteiger partial charge in [0.2, 0.25) is 5.91 Å². The van der Waals surface area contributed by atoms with Gasteiger partial charge in [0.05, 0.1) is 5.54 Å². The van der Waals surface area contributed by atoms with Crippen molar-refractivity contribution in [2.24, 2.45) is 11.7 Å². The number of carbonyl (C=O) groups excluding carboxylic acids is 1. The average molecular weight is 283 g/mol. The number of ether oxygens (including phenoxy) is 1. The monoisotopic (exact) mass is 283 g/mol. The van der Waals surface area contributed by atoms with Gasteiger partial charge in [-0.05, 0) is 51.6 Å². The molecule has 116 valence electrons. The van der Waals surface area contributed by atoms with E-state index in [1.165, 1.54) is 0 Å². The van der Waals surface area contributed by atoms with E-state index in [1.54, 1.807) is 0 Å². The molecule has 1 saturated carbocycles. The lowest BCUT2D eigenvalue weighted by Gasteiger charge is -2.32. The first-order valence-corrected chi connectivity index (χ1v) is 7.90. The first kappa shape index (κ1) is 15.7. The largest absolute Gasteiger partial charge is 0.381 e. The smallest absolute Gasteiger partial charge is 0.237 e. The van der Waals surface area contributed by atoms with Crippen LogP contribution in [0.4, 0.5) is 0 Å². The van der Waals surface area contributed by atoms with Gasteiger partial charge in [-0.3, -0.25) is 4.79 Å². The molecule has 1 heterocycles. The lowest BCUT2D eigenvalue weighted by molar-refractivity contribution is -0.124. The predicted molar refractivity (Wildman–Crippen MR) is 79.4 cm³/mol. The summed E-state index contributed by atoms with van der Waals surface area (Å²) in [5.74, 6) is 0.540. The van der Waals surface area contributed by atoms with Crippen LogP contribution in [0.15, 0.2) is 0 Å². The quantitative estimate of drug-likeness (QED) is 0.754. The van der Waals surface area contributed by atoms with Crippen molar-refractivity contribution >= 4 is 5.91 Å². The maximum atomic E-state index is 11.8. The number of rotatable bonds is 6. The molecule has 0 aromatic heterocycles. The zero-order valence-electron chi connectivity index (χ0n) is 12.9. The number of hydrogen-bond donors (Lipinski definition) is 2. The van der Waals surface area contributed by atoms with E-state index in [0.717, 1.165) is 64.3 Å². The highest BCUT2D eigenvalue weighted by Gasteiger charge is 2.44. The molecule has 2 rings (SSSR count). The molecule has 0 aromatic carbocycles. The van der Waals surface area contributed by atoms with E-state index >= 15 is 0 Å². The van der Waals surface area contributed by atoms with Crippen LogP contribution >= 0.6 is 0 Å². The number of primary amides is 1. The molecule has 0 aromatic rings. The topological polar surface area (TPSA) is 67.6 Å². The Morgan fingerprint density at radius 2 is 2.10 bits per heavy atom. The standard InChI is InChI=1S/C15H29N3O2/c1-3-17-15(14(16)19)7-4-13(10-15)18(2)11-12-5-8-20-9-6-12/h12-13,17H,3-11H2,1-2H3,(H2,16,19). The van der Waals surface area contributed by atoms with Gasteiger partial charge < -0.3 is 20.7 Å². The SMILES string of the molecule is CCNC1(C(N)=O)CCC(N(C)CC2CCOCC2)C1. The third-order valence-corrected chi connectivity index (χ3v) is 4.99. The Bertz CT molecular complexity index is 331. The number of likely N-dealkylation sites (N-methyl/N-ethyl adjacent to an activating group) is 1. The van der Waals surface area contributed by atoms with Crippen molar-refractivity contribution in [2.75, 3.05) is 33.4 Å². The molecular formula is C15H29N3O2. The molecular weight excluding hydrogens is 254 g/mol. The van der Waals surface area contributed by atoms with Crippen LogP contribution in [0.1, 0.15) is 39.0 Å². The van der Waals surface area contributed by atoms with E-state index in [9.17, 15) is 4.79 Å². The second-order valence-electron chi connectivity index (χ2n) is 6.37. The van der Waals surface area contributed by atoms with E-state index in [4.69, 9.17) is 10.5 Å². The van der Waals surface area contributed by atoms with Gasteiger partial charge in [-0.1, -0.05) is 6.92 Å². The molecule has 5 heteroatoms. The first-order chi connectivity index (χ1) is 9.57. The molecule has 1 aliphatic carbocycles. The van der Waals surface area contributed by atoms with Crippen molar-refractivity contribution in [3.8, 4) is 0 Å². The molecule has 2 aliphatic rings. The van der Waals surface area contributed by atoms with Crippen LogP contribution in [0.25, 0.3) is 0 Å². The predicted octanol–water partition coefficient (Wildman–Crippen LogP) is 0.731. The van der Waals surface area contributed by atoms with Crippen molar-refractivity contribution in [2.45, 2.75) is 50.6 Å². The Labute approximate surface area is 122 Å². The average Bonchev–Trinajstić information content (AvgIpc) is 2.86. The highest BCUT2D eigenvalue weighted by atomic mass is 16.5. The van der Waals surface area contributed by atoms with Crippen LogP contribution in [0, 0.1) is 5.92 Å². The summed E-state index contributed by atoms with van der Waals surface area (Å²) in [5.41, 5.74) is 5.15. The Balaban J connectivity index is 1.88. The zero-order chi connectivity index (χ0) is 14.6. The minimum Gasteiger partial charge on any atom is -0.381 e. The van der Waals surface area contributed by atoms with Gasteiger partial charge >= 0.3 is 0 Å². The molecule has 2 fully saturated rings. The molecule has 0 spiro atoms. The minimum atomic E-state index is -0.483. The molecule has 20 heavy (non-hydrogen) atoms.